The number of urea groups is 1. The average molecular weight is 523 g/mol. The number of aliphatic carboxylic acids is 1. The van der Waals surface area contributed by atoms with Gasteiger partial charge >= 0.3 is 12.0 Å². The molecule has 2 aromatic heterocycles. The molecule has 2 amide bonds. The largest absolute Gasteiger partial charge is 0.481 e. The SMILES string of the molecule is CC(C)(C(=O)O)c1ccc(-c2ccn3c(-c4cccc(NC(=O)NCc5ccc(F)cc5)c4)cnc3c2)cc1. The number of benzene rings is 3. The number of amides is 2. The van der Waals surface area contributed by atoms with E-state index in [9.17, 15) is 19.1 Å². The van der Waals surface area contributed by atoms with Crippen molar-refractivity contribution in [1.82, 2.24) is 14.7 Å². The zero-order chi connectivity index (χ0) is 27.6. The Balaban J connectivity index is 1.31. The highest BCUT2D eigenvalue weighted by atomic mass is 19.1. The number of carbonyl (C=O) groups is 2. The molecule has 5 aromatic rings. The maximum Gasteiger partial charge on any atom is 0.319 e. The number of carboxylic acids is 1. The molecule has 0 radical (unpaired) electrons. The summed E-state index contributed by atoms with van der Waals surface area (Å²) >= 11 is 0. The second-order valence-corrected chi connectivity index (χ2v) is 9.81. The van der Waals surface area contributed by atoms with Crippen molar-refractivity contribution in [2.75, 3.05) is 5.32 Å². The highest BCUT2D eigenvalue weighted by Gasteiger charge is 2.29. The van der Waals surface area contributed by atoms with Gasteiger partial charge in [-0.2, -0.15) is 0 Å². The summed E-state index contributed by atoms with van der Waals surface area (Å²) in [5, 5.41) is 15.1. The van der Waals surface area contributed by atoms with Gasteiger partial charge in [-0.3, -0.25) is 9.20 Å². The van der Waals surface area contributed by atoms with Crippen LogP contribution in [-0.2, 0) is 16.8 Å². The van der Waals surface area contributed by atoms with Crippen LogP contribution >= 0.6 is 0 Å². The summed E-state index contributed by atoms with van der Waals surface area (Å²) in [5.41, 5.74) is 5.63. The van der Waals surface area contributed by atoms with E-state index < -0.39 is 11.4 Å². The Morgan fingerprint density at radius 1 is 0.923 bits per heavy atom. The van der Waals surface area contributed by atoms with Crippen LogP contribution in [0.3, 0.4) is 0 Å². The minimum Gasteiger partial charge on any atom is -0.481 e. The number of carboxylic acid groups (broad SMARTS) is 1. The van der Waals surface area contributed by atoms with E-state index >= 15 is 0 Å². The molecule has 3 N–H and O–H groups in total. The number of halogens is 1. The third-order valence-corrected chi connectivity index (χ3v) is 6.77. The third-order valence-electron chi connectivity index (χ3n) is 6.77. The summed E-state index contributed by atoms with van der Waals surface area (Å²) < 4.78 is 15.0. The first-order valence-electron chi connectivity index (χ1n) is 12.4. The first kappa shape index (κ1) is 25.7. The molecule has 196 valence electrons. The number of nitrogens with one attached hydrogen (secondary N) is 2. The smallest absolute Gasteiger partial charge is 0.319 e. The zero-order valence-electron chi connectivity index (χ0n) is 21.5. The van der Waals surface area contributed by atoms with Gasteiger partial charge in [0.15, 0.2) is 0 Å². The van der Waals surface area contributed by atoms with E-state index in [1.165, 1.54) is 12.1 Å². The Morgan fingerprint density at radius 2 is 1.67 bits per heavy atom. The van der Waals surface area contributed by atoms with Gasteiger partial charge in [0, 0.05) is 24.0 Å². The topological polar surface area (TPSA) is 95.7 Å². The summed E-state index contributed by atoms with van der Waals surface area (Å²) in [6.45, 7) is 3.65. The van der Waals surface area contributed by atoms with Crippen LogP contribution in [0.25, 0.3) is 28.0 Å². The lowest BCUT2D eigenvalue weighted by atomic mass is 9.84. The average Bonchev–Trinajstić information content (AvgIpc) is 3.36. The summed E-state index contributed by atoms with van der Waals surface area (Å²) in [5.74, 6) is -1.19. The Hall–Kier alpha value is -4.98. The highest BCUT2D eigenvalue weighted by molar-refractivity contribution is 5.90. The fourth-order valence-electron chi connectivity index (χ4n) is 4.29. The van der Waals surface area contributed by atoms with Gasteiger partial charge in [-0.1, -0.05) is 48.5 Å². The minimum absolute atomic E-state index is 0.279. The number of imidazole rings is 1. The van der Waals surface area contributed by atoms with E-state index in [2.05, 4.69) is 15.6 Å². The molecule has 0 bridgehead atoms. The quantitative estimate of drug-likeness (QED) is 0.228. The van der Waals surface area contributed by atoms with Crippen LogP contribution in [0.1, 0.15) is 25.0 Å². The van der Waals surface area contributed by atoms with E-state index in [1.54, 1.807) is 38.2 Å². The number of fused-ring (bicyclic) bond motifs is 1. The molecule has 0 saturated carbocycles. The van der Waals surface area contributed by atoms with E-state index in [0.717, 1.165) is 39.2 Å². The maximum absolute atomic E-state index is 13.1. The number of hydrogen-bond acceptors (Lipinski definition) is 3. The van der Waals surface area contributed by atoms with Crippen molar-refractivity contribution in [2.45, 2.75) is 25.8 Å². The molecule has 0 fully saturated rings. The Labute approximate surface area is 225 Å². The van der Waals surface area contributed by atoms with E-state index in [-0.39, 0.29) is 18.4 Å². The fourth-order valence-corrected chi connectivity index (χ4v) is 4.29. The van der Waals surface area contributed by atoms with Gasteiger partial charge in [0.1, 0.15) is 11.5 Å². The summed E-state index contributed by atoms with van der Waals surface area (Å²) in [6, 6.07) is 24.6. The highest BCUT2D eigenvalue weighted by Crippen LogP contribution is 2.29. The number of pyridine rings is 1. The Bertz CT molecular complexity index is 1660. The summed E-state index contributed by atoms with van der Waals surface area (Å²) in [7, 11) is 0. The lowest BCUT2D eigenvalue weighted by Gasteiger charge is -2.19. The van der Waals surface area contributed by atoms with Crippen LogP contribution < -0.4 is 10.6 Å². The first-order valence-corrected chi connectivity index (χ1v) is 12.4. The molecule has 0 saturated heterocycles. The van der Waals surface area contributed by atoms with Gasteiger partial charge in [0.05, 0.1) is 17.3 Å². The van der Waals surface area contributed by atoms with Crippen molar-refractivity contribution in [3.05, 3.63) is 114 Å². The molecule has 5 rings (SSSR count). The monoisotopic (exact) mass is 522 g/mol. The molecule has 0 spiro atoms. The first-order chi connectivity index (χ1) is 18.7. The van der Waals surface area contributed by atoms with Crippen LogP contribution in [0.15, 0.2) is 97.3 Å². The van der Waals surface area contributed by atoms with Crippen molar-refractivity contribution < 1.29 is 19.1 Å². The molecule has 0 aliphatic rings. The number of hydrogen-bond donors (Lipinski definition) is 3. The lowest BCUT2D eigenvalue weighted by molar-refractivity contribution is -0.142. The summed E-state index contributed by atoms with van der Waals surface area (Å²) in [6.07, 6.45) is 3.73. The number of nitrogens with zero attached hydrogens (tertiary/aromatic N) is 2. The molecule has 8 heteroatoms. The molecule has 2 heterocycles. The van der Waals surface area contributed by atoms with Gasteiger partial charge in [-0.25, -0.2) is 14.2 Å². The number of aromatic nitrogens is 2. The van der Waals surface area contributed by atoms with Crippen LogP contribution in [-0.4, -0.2) is 26.5 Å². The van der Waals surface area contributed by atoms with E-state index in [1.807, 2.05) is 65.2 Å². The van der Waals surface area contributed by atoms with Gasteiger partial charge in [-0.05, 0) is 72.5 Å². The van der Waals surface area contributed by atoms with Crippen LogP contribution in [0.4, 0.5) is 14.9 Å². The Morgan fingerprint density at radius 3 is 2.38 bits per heavy atom. The lowest BCUT2D eigenvalue weighted by Crippen LogP contribution is -2.28. The minimum atomic E-state index is -0.965. The molecule has 39 heavy (non-hydrogen) atoms. The van der Waals surface area contributed by atoms with Gasteiger partial charge < -0.3 is 15.7 Å². The number of rotatable bonds is 7. The van der Waals surface area contributed by atoms with Crippen molar-refractivity contribution >= 4 is 23.3 Å². The molecule has 0 aliphatic heterocycles. The van der Waals surface area contributed by atoms with Crippen LogP contribution in [0.5, 0.6) is 0 Å². The molecular weight excluding hydrogens is 495 g/mol. The Kier molecular flexibility index (Phi) is 6.85. The van der Waals surface area contributed by atoms with Crippen LogP contribution in [0.2, 0.25) is 0 Å². The van der Waals surface area contributed by atoms with Gasteiger partial charge in [0.2, 0.25) is 0 Å². The van der Waals surface area contributed by atoms with Crippen molar-refractivity contribution in [3.8, 4) is 22.4 Å². The number of carbonyl (C=O) groups excluding carboxylic acids is 1. The van der Waals surface area contributed by atoms with Crippen molar-refractivity contribution in [1.29, 1.82) is 0 Å². The van der Waals surface area contributed by atoms with Gasteiger partial charge in [0.25, 0.3) is 0 Å². The van der Waals surface area contributed by atoms with Crippen molar-refractivity contribution in [2.24, 2.45) is 0 Å². The fraction of sp³-hybridized carbons (Fsp3) is 0.129. The number of anilines is 1. The molecular formula is C31H27FN4O3. The molecule has 0 unspecified atom stereocenters. The van der Waals surface area contributed by atoms with Crippen molar-refractivity contribution in [3.63, 3.8) is 0 Å². The van der Waals surface area contributed by atoms with E-state index in [0.29, 0.717) is 5.69 Å². The van der Waals surface area contributed by atoms with Crippen LogP contribution in [0, 0.1) is 5.82 Å². The van der Waals surface area contributed by atoms with E-state index in [4.69, 9.17) is 0 Å². The second kappa shape index (κ2) is 10.4. The molecule has 3 aromatic carbocycles. The standard InChI is InChI=1S/C31H27FN4O3/c1-31(2,29(37)38)24-10-8-21(9-11-24)22-14-15-36-27(19-33-28(36)17-22)23-4-3-5-26(16-23)35-30(39)34-18-20-6-12-25(32)13-7-20/h3-17,19H,18H2,1-2H3,(H,37,38)(H2,34,35,39). The van der Waals surface area contributed by atoms with Gasteiger partial charge in [-0.15, -0.1) is 0 Å². The normalized spacial score (nSPS) is 11.4. The molecule has 0 atom stereocenters. The third kappa shape index (κ3) is 5.50. The second-order valence-electron chi connectivity index (χ2n) is 9.81. The maximum atomic E-state index is 13.1. The predicted molar refractivity (Wildman–Crippen MR) is 149 cm³/mol. The predicted octanol–water partition coefficient (Wildman–Crippen LogP) is 6.49. The summed E-state index contributed by atoms with van der Waals surface area (Å²) in [4.78, 5) is 28.5. The molecule has 0 aliphatic carbocycles. The zero-order valence-corrected chi connectivity index (χ0v) is 21.5. The molecule has 7 nitrogen and oxygen atoms in total.